The molecule has 6 rings (SSSR count). The van der Waals surface area contributed by atoms with Gasteiger partial charge in [0.25, 0.3) is 0 Å². The Balaban J connectivity index is 1.88. The van der Waals surface area contributed by atoms with E-state index in [2.05, 4.69) is 205 Å². The highest BCUT2D eigenvalue weighted by molar-refractivity contribution is 7.27. The SMILES string of the molecule is [B][Si](c1ccc2c3ccc([Si](CCCC)(C(C)(C)C)C(C)(C)C)cc3n(-c3cc(C(C)(C)CC(C)(C)C)cc(B4OC(C)(C)C(C)(C)O4)c3OC3CCCCO3)c2c1)(C(C)(C)C)C(C)(C)C. The zero-order valence-corrected chi connectivity index (χ0v) is 48.1. The summed E-state index contributed by atoms with van der Waals surface area (Å²) < 4.78 is 30.6. The summed E-state index contributed by atoms with van der Waals surface area (Å²) in [6.45, 7) is 52.7. The van der Waals surface area contributed by atoms with E-state index >= 15 is 0 Å². The average Bonchev–Trinajstić information content (AvgIpc) is 3.59. The number of aromatic nitrogens is 1. The third kappa shape index (κ3) is 9.38. The lowest BCUT2D eigenvalue weighted by atomic mass is 9.69. The summed E-state index contributed by atoms with van der Waals surface area (Å²) in [7, 11) is 2.35. The van der Waals surface area contributed by atoms with Gasteiger partial charge in [0.05, 0.1) is 58.0 Å². The standard InChI is InChI=1S/C57H91B2NO4Si2/c1-23-24-33-65(51(5,6)7,52(8,9)10)40-28-30-42-43-31-29-41(66(58,53(11,12)13)54(14,15)16)37-46(43)60(45(42)36-40)47-35-39(55(17,18)38-50(2,3)4)34-44(49(47)62-48-27-25-26-32-61-48)59-63-56(19,20)57(21,22)64-59/h28-31,34-37,48H,23-27,32-33,38H2,1-22H3. The first-order valence-electron chi connectivity index (χ1n) is 25.6. The fraction of sp³-hybridized carbons (Fsp3) is 0.684. The van der Waals surface area contributed by atoms with E-state index in [1.165, 1.54) is 51.1 Å². The summed E-state index contributed by atoms with van der Waals surface area (Å²) in [5, 5.41) is 5.25. The summed E-state index contributed by atoms with van der Waals surface area (Å²) in [6.07, 6.45) is 5.90. The van der Waals surface area contributed by atoms with Crippen LogP contribution in [0.3, 0.4) is 0 Å². The molecule has 2 radical (unpaired) electrons. The minimum Gasteiger partial charge on any atom is -0.463 e. The number of hydrogen-bond acceptors (Lipinski definition) is 4. The van der Waals surface area contributed by atoms with E-state index in [0.717, 1.165) is 48.1 Å². The third-order valence-corrected chi connectivity index (χ3v) is 30.0. The van der Waals surface area contributed by atoms with Crippen LogP contribution in [-0.2, 0) is 19.5 Å². The Kier molecular flexibility index (Phi) is 14.1. The van der Waals surface area contributed by atoms with Crippen molar-refractivity contribution in [2.24, 2.45) is 5.41 Å². The van der Waals surface area contributed by atoms with E-state index in [1.807, 2.05) is 0 Å². The van der Waals surface area contributed by atoms with Crippen molar-refractivity contribution in [3.63, 3.8) is 0 Å². The van der Waals surface area contributed by atoms with Crippen LogP contribution in [-0.4, -0.2) is 59.2 Å². The van der Waals surface area contributed by atoms with E-state index < -0.39 is 40.6 Å². The van der Waals surface area contributed by atoms with Gasteiger partial charge in [0.1, 0.15) is 5.75 Å². The summed E-state index contributed by atoms with van der Waals surface area (Å²) in [6, 6.07) is 20.9. The van der Waals surface area contributed by atoms with E-state index in [1.54, 1.807) is 0 Å². The Hall–Kier alpha value is -2.30. The van der Waals surface area contributed by atoms with E-state index in [-0.39, 0.29) is 31.0 Å². The summed E-state index contributed by atoms with van der Waals surface area (Å²) in [5.41, 5.74) is 4.29. The third-order valence-electron chi connectivity index (χ3n) is 16.5. The molecule has 1 aromatic heterocycles. The van der Waals surface area contributed by atoms with E-state index in [9.17, 15) is 0 Å². The molecule has 2 aliphatic rings. The average molecular weight is 932 g/mol. The van der Waals surface area contributed by atoms with Gasteiger partial charge in [-0.25, -0.2) is 0 Å². The predicted octanol–water partition coefficient (Wildman–Crippen LogP) is 14.7. The zero-order chi connectivity index (χ0) is 49.6. The predicted molar refractivity (Wildman–Crippen MR) is 293 cm³/mol. The molecule has 1 atom stereocenters. The molecule has 0 aliphatic carbocycles. The number of nitrogens with zero attached hydrogens (tertiary/aromatic N) is 1. The highest BCUT2D eigenvalue weighted by Crippen LogP contribution is 2.55. The van der Waals surface area contributed by atoms with E-state index in [4.69, 9.17) is 26.2 Å². The number of unbranched alkanes of at least 4 members (excludes halogenated alkanes) is 1. The quantitative estimate of drug-likeness (QED) is 0.141. The maximum Gasteiger partial charge on any atom is 0.498 e. The smallest absolute Gasteiger partial charge is 0.463 e. The van der Waals surface area contributed by atoms with Gasteiger partial charge in [-0.15, -0.1) is 0 Å². The molecule has 3 aromatic carbocycles. The summed E-state index contributed by atoms with van der Waals surface area (Å²) in [4.78, 5) is 0. The monoisotopic (exact) mass is 932 g/mol. The first-order valence-corrected chi connectivity index (χ1v) is 29.9. The minimum absolute atomic E-state index is 0.0806. The van der Waals surface area contributed by atoms with Crippen molar-refractivity contribution in [2.45, 2.75) is 240 Å². The van der Waals surface area contributed by atoms with Gasteiger partial charge >= 0.3 is 7.12 Å². The van der Waals surface area contributed by atoms with Crippen LogP contribution in [0, 0.1) is 5.41 Å². The highest BCUT2D eigenvalue weighted by Gasteiger charge is 2.55. The molecule has 4 aromatic rings. The highest BCUT2D eigenvalue weighted by atomic mass is 28.3. The molecule has 2 saturated heterocycles. The molecule has 0 amide bonds. The fourth-order valence-corrected chi connectivity index (χ4v) is 25.0. The van der Waals surface area contributed by atoms with Gasteiger partial charge in [-0.05, 0) is 102 Å². The fourth-order valence-electron chi connectivity index (χ4n) is 12.9. The molecule has 3 heterocycles. The number of fused-ring (bicyclic) bond motifs is 3. The normalized spacial score (nSPS) is 19.3. The second kappa shape index (κ2) is 17.5. The van der Waals surface area contributed by atoms with Crippen molar-refractivity contribution in [1.29, 1.82) is 0 Å². The van der Waals surface area contributed by atoms with Gasteiger partial charge < -0.3 is 23.3 Å². The van der Waals surface area contributed by atoms with Crippen LogP contribution in [0.2, 0.25) is 26.2 Å². The molecule has 2 aliphatic heterocycles. The topological polar surface area (TPSA) is 41.9 Å². The molecule has 5 nitrogen and oxygen atoms in total. The van der Waals surface area contributed by atoms with Gasteiger partial charge in [0.15, 0.2) is 6.29 Å². The Morgan fingerprint density at radius 2 is 1.21 bits per heavy atom. The number of hydrogen-bond donors (Lipinski definition) is 0. The second-order valence-corrected chi connectivity index (χ2v) is 38.7. The van der Waals surface area contributed by atoms with Crippen molar-refractivity contribution < 1.29 is 18.8 Å². The van der Waals surface area contributed by atoms with Crippen molar-refractivity contribution in [1.82, 2.24) is 4.57 Å². The van der Waals surface area contributed by atoms with Crippen LogP contribution < -0.4 is 20.6 Å². The lowest BCUT2D eigenvalue weighted by Crippen LogP contribution is -2.62. The Morgan fingerprint density at radius 1 is 0.697 bits per heavy atom. The number of rotatable bonds is 11. The van der Waals surface area contributed by atoms with Gasteiger partial charge in [-0.1, -0.05) is 184 Å². The number of benzene rings is 3. The van der Waals surface area contributed by atoms with Gasteiger partial charge in [0, 0.05) is 22.7 Å². The maximum atomic E-state index is 7.98. The summed E-state index contributed by atoms with van der Waals surface area (Å²) in [5.74, 6) is 0.773. The van der Waals surface area contributed by atoms with E-state index in [0.29, 0.717) is 6.61 Å². The first kappa shape index (κ1) is 53.1. The first-order chi connectivity index (χ1) is 29.9. The molecule has 0 spiro atoms. The van der Waals surface area contributed by atoms with Crippen LogP contribution in [0.1, 0.15) is 196 Å². The largest absolute Gasteiger partial charge is 0.498 e. The zero-order valence-electron chi connectivity index (χ0n) is 46.1. The summed E-state index contributed by atoms with van der Waals surface area (Å²) >= 11 is 0. The van der Waals surface area contributed by atoms with Crippen LogP contribution in [0.25, 0.3) is 27.5 Å². The van der Waals surface area contributed by atoms with Crippen LogP contribution >= 0.6 is 0 Å². The molecule has 0 N–H and O–H groups in total. The number of ether oxygens (including phenoxy) is 2. The van der Waals surface area contributed by atoms with Crippen molar-refractivity contribution >= 4 is 68.2 Å². The molecule has 9 heteroatoms. The van der Waals surface area contributed by atoms with Gasteiger partial charge in [0.2, 0.25) is 0 Å². The Morgan fingerprint density at radius 3 is 1.67 bits per heavy atom. The second-order valence-electron chi connectivity index (χ2n) is 27.7. The molecule has 1 unspecified atom stereocenters. The van der Waals surface area contributed by atoms with Gasteiger partial charge in [-0.3, -0.25) is 0 Å². The Labute approximate surface area is 407 Å². The molecule has 0 saturated carbocycles. The van der Waals surface area contributed by atoms with Crippen LogP contribution in [0.5, 0.6) is 5.75 Å². The molecule has 2 fully saturated rings. The van der Waals surface area contributed by atoms with Crippen molar-refractivity contribution in [3.05, 3.63) is 54.1 Å². The minimum atomic E-state index is -2.70. The molecular weight excluding hydrogens is 840 g/mol. The lowest BCUT2D eigenvalue weighted by molar-refractivity contribution is -0.105. The molecule has 66 heavy (non-hydrogen) atoms. The van der Waals surface area contributed by atoms with Gasteiger partial charge in [-0.2, -0.15) is 0 Å². The van der Waals surface area contributed by atoms with Crippen molar-refractivity contribution in [3.8, 4) is 11.4 Å². The van der Waals surface area contributed by atoms with Crippen molar-refractivity contribution in [2.75, 3.05) is 6.61 Å². The maximum absolute atomic E-state index is 7.98. The molecule has 362 valence electrons. The molecular formula is C57H91B2NO4Si2. The van der Waals surface area contributed by atoms with Crippen LogP contribution in [0.4, 0.5) is 0 Å². The lowest BCUT2D eigenvalue weighted by Gasteiger charge is -2.53. The van der Waals surface area contributed by atoms with Crippen LogP contribution in [0.15, 0.2) is 48.5 Å². The Bertz CT molecular complexity index is 2350. The molecule has 0 bridgehead atoms.